The molecule has 32 heavy (non-hydrogen) atoms. The molecule has 1 N–H and O–H groups in total. The molecule has 0 radical (unpaired) electrons. The summed E-state index contributed by atoms with van der Waals surface area (Å²) in [6, 6.07) is 7.81. The number of carbonyl (C=O) groups excluding carboxylic acids is 2. The molecule has 2 aromatic rings. The summed E-state index contributed by atoms with van der Waals surface area (Å²) in [5, 5.41) is 2.62. The summed E-state index contributed by atoms with van der Waals surface area (Å²) in [5.74, 6) is -0.377. The molecule has 0 spiro atoms. The Balaban J connectivity index is 1.30. The number of hydrogen-bond acceptors (Lipinski definition) is 7. The highest BCUT2D eigenvalue weighted by Gasteiger charge is 2.26. The van der Waals surface area contributed by atoms with Gasteiger partial charge in [0.05, 0.1) is 18.1 Å². The number of esters is 1. The molecule has 2 heterocycles. The number of anilines is 1. The maximum Gasteiger partial charge on any atom is 0.348 e. The molecule has 1 aromatic heterocycles. The zero-order valence-electron chi connectivity index (χ0n) is 17.8. The van der Waals surface area contributed by atoms with E-state index in [9.17, 15) is 18.0 Å². The lowest BCUT2D eigenvalue weighted by molar-refractivity contribution is -0.119. The number of rotatable bonds is 6. The van der Waals surface area contributed by atoms with Gasteiger partial charge in [-0.2, -0.15) is 4.31 Å². The molecule has 0 unspecified atom stereocenters. The van der Waals surface area contributed by atoms with Gasteiger partial charge in [0.15, 0.2) is 6.61 Å². The zero-order chi connectivity index (χ0) is 22.7. The summed E-state index contributed by atoms with van der Waals surface area (Å²) in [7, 11) is -3.59. The highest BCUT2D eigenvalue weighted by molar-refractivity contribution is 7.89. The smallest absolute Gasteiger partial charge is 0.348 e. The SMILES string of the molecule is C[C@@H]1CCc2sc(C(=O)OCC(=O)Nc3ccc(S(=O)(=O)N4CCOCC4)cc3)cc2C1. The maximum atomic E-state index is 12.7. The average Bonchev–Trinajstić information content (AvgIpc) is 3.22. The molecule has 0 saturated carbocycles. The Morgan fingerprint density at radius 2 is 1.94 bits per heavy atom. The van der Waals surface area contributed by atoms with Crippen molar-refractivity contribution in [2.75, 3.05) is 38.2 Å². The van der Waals surface area contributed by atoms with Crippen LogP contribution in [0.4, 0.5) is 5.69 Å². The maximum absolute atomic E-state index is 12.7. The van der Waals surface area contributed by atoms with Crippen LogP contribution in [0, 0.1) is 5.92 Å². The summed E-state index contributed by atoms with van der Waals surface area (Å²) >= 11 is 1.44. The second-order valence-electron chi connectivity index (χ2n) is 8.07. The van der Waals surface area contributed by atoms with Crippen molar-refractivity contribution in [1.82, 2.24) is 4.31 Å². The van der Waals surface area contributed by atoms with E-state index in [1.54, 1.807) is 0 Å². The van der Waals surface area contributed by atoms with Gasteiger partial charge in [0, 0.05) is 23.7 Å². The lowest BCUT2D eigenvalue weighted by Gasteiger charge is -2.26. The first-order valence-electron chi connectivity index (χ1n) is 10.6. The van der Waals surface area contributed by atoms with Gasteiger partial charge in [-0.05, 0) is 61.1 Å². The van der Waals surface area contributed by atoms with Crippen molar-refractivity contribution in [3.8, 4) is 0 Å². The lowest BCUT2D eigenvalue weighted by atomic mass is 9.90. The van der Waals surface area contributed by atoms with Gasteiger partial charge in [-0.3, -0.25) is 4.79 Å². The van der Waals surface area contributed by atoms with Crippen LogP contribution in [-0.2, 0) is 37.1 Å². The van der Waals surface area contributed by atoms with Crippen molar-refractivity contribution in [1.29, 1.82) is 0 Å². The molecular weight excluding hydrogens is 452 g/mol. The third-order valence-electron chi connectivity index (χ3n) is 5.61. The number of fused-ring (bicyclic) bond motifs is 1. The van der Waals surface area contributed by atoms with E-state index in [0.717, 1.165) is 19.3 Å². The molecule has 1 aromatic carbocycles. The Morgan fingerprint density at radius 3 is 2.66 bits per heavy atom. The predicted molar refractivity (Wildman–Crippen MR) is 120 cm³/mol. The van der Waals surface area contributed by atoms with Gasteiger partial charge in [0.1, 0.15) is 4.88 Å². The number of aryl methyl sites for hydroxylation is 1. The van der Waals surface area contributed by atoms with Crippen molar-refractivity contribution >= 4 is 38.9 Å². The van der Waals surface area contributed by atoms with Crippen LogP contribution >= 0.6 is 11.3 Å². The van der Waals surface area contributed by atoms with Crippen LogP contribution in [0.3, 0.4) is 0 Å². The molecular formula is C22H26N2O6S2. The zero-order valence-corrected chi connectivity index (χ0v) is 19.5. The van der Waals surface area contributed by atoms with Crippen LogP contribution in [-0.4, -0.2) is 57.5 Å². The van der Waals surface area contributed by atoms with Gasteiger partial charge >= 0.3 is 5.97 Å². The number of morpholine rings is 1. The van der Waals surface area contributed by atoms with Gasteiger partial charge in [-0.1, -0.05) is 6.92 Å². The first-order valence-corrected chi connectivity index (χ1v) is 12.8. The van der Waals surface area contributed by atoms with E-state index >= 15 is 0 Å². The van der Waals surface area contributed by atoms with Crippen LogP contribution in [0.25, 0.3) is 0 Å². The standard InChI is InChI=1S/C22H26N2O6S2/c1-15-2-7-19-16(12-15)13-20(31-19)22(26)30-14-21(25)23-17-3-5-18(6-4-17)32(27,28)24-8-10-29-11-9-24/h3-6,13,15H,2,7-12,14H2,1H3,(H,23,25)/t15-/m1/s1. The highest BCUT2D eigenvalue weighted by atomic mass is 32.2. The molecule has 8 nitrogen and oxygen atoms in total. The monoisotopic (exact) mass is 478 g/mol. The minimum absolute atomic E-state index is 0.153. The highest BCUT2D eigenvalue weighted by Crippen LogP contribution is 2.32. The van der Waals surface area contributed by atoms with Crippen molar-refractivity contribution in [3.05, 3.63) is 45.6 Å². The van der Waals surface area contributed by atoms with Gasteiger partial charge in [0.2, 0.25) is 10.0 Å². The molecule has 1 saturated heterocycles. The minimum Gasteiger partial charge on any atom is -0.451 e. The largest absolute Gasteiger partial charge is 0.451 e. The number of hydrogen-bond donors (Lipinski definition) is 1. The number of nitrogens with zero attached hydrogens (tertiary/aromatic N) is 1. The molecule has 1 aliphatic heterocycles. The second kappa shape index (κ2) is 9.70. The Kier molecular flexibility index (Phi) is 6.94. The van der Waals surface area contributed by atoms with Crippen LogP contribution in [0.5, 0.6) is 0 Å². The second-order valence-corrected chi connectivity index (χ2v) is 11.1. The van der Waals surface area contributed by atoms with E-state index in [0.29, 0.717) is 42.8 Å². The topological polar surface area (TPSA) is 102 Å². The average molecular weight is 479 g/mol. The Bertz CT molecular complexity index is 1090. The third kappa shape index (κ3) is 5.20. The number of benzene rings is 1. The molecule has 1 atom stereocenters. The third-order valence-corrected chi connectivity index (χ3v) is 8.74. The number of thiophene rings is 1. The quantitative estimate of drug-likeness (QED) is 0.641. The van der Waals surface area contributed by atoms with E-state index in [4.69, 9.17) is 9.47 Å². The summed E-state index contributed by atoms with van der Waals surface area (Å²) in [4.78, 5) is 26.4. The fourth-order valence-corrected chi connectivity index (χ4v) is 6.36. The molecule has 1 aliphatic carbocycles. The van der Waals surface area contributed by atoms with Crippen molar-refractivity contribution in [2.24, 2.45) is 5.92 Å². The Hall–Kier alpha value is -2.27. The van der Waals surface area contributed by atoms with Crippen LogP contribution in [0.15, 0.2) is 35.2 Å². The van der Waals surface area contributed by atoms with Crippen molar-refractivity contribution in [3.63, 3.8) is 0 Å². The van der Waals surface area contributed by atoms with E-state index in [2.05, 4.69) is 12.2 Å². The molecule has 1 fully saturated rings. The van der Waals surface area contributed by atoms with Crippen molar-refractivity contribution < 1.29 is 27.5 Å². The van der Waals surface area contributed by atoms with E-state index in [-0.39, 0.29) is 4.90 Å². The summed E-state index contributed by atoms with van der Waals surface area (Å²) in [5.41, 5.74) is 1.63. The lowest BCUT2D eigenvalue weighted by Crippen LogP contribution is -2.40. The Labute approximate surface area is 191 Å². The molecule has 10 heteroatoms. The number of carbonyl (C=O) groups is 2. The van der Waals surface area contributed by atoms with Gasteiger partial charge in [-0.15, -0.1) is 11.3 Å². The molecule has 1 amide bonds. The number of nitrogens with one attached hydrogen (secondary N) is 1. The molecule has 4 rings (SSSR count). The first-order chi connectivity index (χ1) is 15.3. The summed E-state index contributed by atoms with van der Waals surface area (Å²) < 4.78 is 37.0. The van der Waals surface area contributed by atoms with E-state index in [1.165, 1.54) is 50.3 Å². The number of sulfonamides is 1. The van der Waals surface area contributed by atoms with Gasteiger partial charge < -0.3 is 14.8 Å². The minimum atomic E-state index is -3.59. The molecule has 0 bridgehead atoms. The number of amides is 1. The van der Waals surface area contributed by atoms with Gasteiger partial charge in [-0.25, -0.2) is 13.2 Å². The van der Waals surface area contributed by atoms with Crippen molar-refractivity contribution in [2.45, 2.75) is 31.1 Å². The van der Waals surface area contributed by atoms with E-state index in [1.807, 2.05) is 6.07 Å². The normalized spacial score (nSPS) is 19.2. The van der Waals surface area contributed by atoms with Crippen LogP contribution < -0.4 is 5.32 Å². The predicted octanol–water partition coefficient (Wildman–Crippen LogP) is 2.69. The van der Waals surface area contributed by atoms with Crippen LogP contribution in [0.2, 0.25) is 0 Å². The summed E-state index contributed by atoms with van der Waals surface area (Å²) in [6.07, 6.45) is 3.07. The summed E-state index contributed by atoms with van der Waals surface area (Å²) in [6.45, 7) is 3.18. The fourth-order valence-electron chi connectivity index (χ4n) is 3.85. The fraction of sp³-hybridized carbons (Fsp3) is 0.455. The van der Waals surface area contributed by atoms with Gasteiger partial charge in [0.25, 0.3) is 5.91 Å². The van der Waals surface area contributed by atoms with Crippen LogP contribution in [0.1, 0.15) is 33.5 Å². The molecule has 172 valence electrons. The Morgan fingerprint density at radius 1 is 1.22 bits per heavy atom. The molecule has 2 aliphatic rings. The van der Waals surface area contributed by atoms with E-state index < -0.39 is 28.5 Å². The first kappa shape index (κ1) is 22.9. The number of ether oxygens (including phenoxy) is 2.